The van der Waals surface area contributed by atoms with Crippen LogP contribution in [0, 0.1) is 25.7 Å². The highest BCUT2D eigenvalue weighted by Crippen LogP contribution is 2.30. The summed E-state index contributed by atoms with van der Waals surface area (Å²) in [5.74, 6) is -0.135. The van der Waals surface area contributed by atoms with Gasteiger partial charge in [-0.2, -0.15) is 0 Å². The van der Waals surface area contributed by atoms with Crippen LogP contribution >= 0.6 is 0 Å². The van der Waals surface area contributed by atoms with Crippen LogP contribution in [0.25, 0.3) is 0 Å². The minimum atomic E-state index is -3.68. The largest absolute Gasteiger partial charge is 0.477 e. The molecule has 1 heterocycles. The van der Waals surface area contributed by atoms with Crippen LogP contribution in [-0.4, -0.2) is 31.0 Å². The van der Waals surface area contributed by atoms with E-state index in [2.05, 4.69) is 16.6 Å². The molecule has 21 heavy (non-hydrogen) atoms. The molecule has 0 aliphatic heterocycles. The van der Waals surface area contributed by atoms with Gasteiger partial charge in [-0.3, -0.25) is 0 Å². The Morgan fingerprint density at radius 3 is 2.52 bits per heavy atom. The number of rotatable bonds is 5. The van der Waals surface area contributed by atoms with Crippen molar-refractivity contribution >= 4 is 16.0 Å². The van der Waals surface area contributed by atoms with E-state index in [0.717, 1.165) is 19.3 Å². The van der Waals surface area contributed by atoms with E-state index in [9.17, 15) is 13.2 Å². The maximum absolute atomic E-state index is 12.4. The quantitative estimate of drug-likeness (QED) is 0.774. The lowest BCUT2D eigenvalue weighted by molar-refractivity contribution is 0.0690. The van der Waals surface area contributed by atoms with Crippen molar-refractivity contribution in [2.45, 2.75) is 44.9 Å². The number of aromatic nitrogens is 1. The number of carboxylic acid groups (broad SMARTS) is 1. The average molecular weight is 314 g/mol. The van der Waals surface area contributed by atoms with Crippen molar-refractivity contribution in [2.24, 2.45) is 11.8 Å². The maximum atomic E-state index is 12.4. The van der Waals surface area contributed by atoms with Crippen molar-refractivity contribution in [1.82, 2.24) is 9.71 Å². The number of nitrogens with one attached hydrogen (secondary N) is 2. The molecule has 1 aromatic heterocycles. The first-order valence-corrected chi connectivity index (χ1v) is 8.62. The molecule has 118 valence electrons. The summed E-state index contributed by atoms with van der Waals surface area (Å²) in [7, 11) is -3.68. The summed E-state index contributed by atoms with van der Waals surface area (Å²) in [5.41, 5.74) is 0.548. The molecule has 0 aromatic carbocycles. The van der Waals surface area contributed by atoms with Gasteiger partial charge < -0.3 is 10.1 Å². The first kappa shape index (κ1) is 16.0. The Balaban J connectivity index is 2.18. The molecule has 0 radical (unpaired) electrons. The van der Waals surface area contributed by atoms with Gasteiger partial charge >= 0.3 is 5.97 Å². The Morgan fingerprint density at radius 2 is 2.05 bits per heavy atom. The molecule has 2 rings (SSSR count). The van der Waals surface area contributed by atoms with E-state index in [-0.39, 0.29) is 16.2 Å². The zero-order chi connectivity index (χ0) is 15.8. The zero-order valence-corrected chi connectivity index (χ0v) is 13.4. The van der Waals surface area contributed by atoms with Gasteiger partial charge in [0.25, 0.3) is 0 Å². The Kier molecular flexibility index (Phi) is 4.43. The molecule has 1 fully saturated rings. The number of H-pyrrole nitrogens is 1. The van der Waals surface area contributed by atoms with E-state index in [1.807, 2.05) is 0 Å². The molecule has 0 amide bonds. The summed E-state index contributed by atoms with van der Waals surface area (Å²) in [6.07, 6.45) is 3.21. The molecule has 7 heteroatoms. The smallest absolute Gasteiger partial charge is 0.352 e. The highest BCUT2D eigenvalue weighted by atomic mass is 32.2. The normalized spacial score (nSPS) is 22.6. The summed E-state index contributed by atoms with van der Waals surface area (Å²) in [5, 5.41) is 9.05. The highest BCUT2D eigenvalue weighted by Gasteiger charge is 2.28. The fourth-order valence-electron chi connectivity index (χ4n) is 3.16. The SMILES string of the molecule is Cc1[nH]c(C(=O)O)c(C)c1S(=O)(=O)NCC1CCC(C)C1. The van der Waals surface area contributed by atoms with E-state index >= 15 is 0 Å². The van der Waals surface area contributed by atoms with Crippen LogP contribution in [-0.2, 0) is 10.0 Å². The molecule has 0 spiro atoms. The first-order chi connectivity index (χ1) is 9.72. The van der Waals surface area contributed by atoms with Gasteiger partial charge in [0.15, 0.2) is 0 Å². The summed E-state index contributed by atoms with van der Waals surface area (Å²) >= 11 is 0. The van der Waals surface area contributed by atoms with E-state index in [1.54, 1.807) is 6.92 Å². The Labute approximate surface area is 125 Å². The lowest BCUT2D eigenvalue weighted by Gasteiger charge is -2.12. The van der Waals surface area contributed by atoms with Gasteiger partial charge in [0, 0.05) is 17.8 Å². The van der Waals surface area contributed by atoms with Crippen LogP contribution in [0.2, 0.25) is 0 Å². The van der Waals surface area contributed by atoms with Crippen molar-refractivity contribution in [3.63, 3.8) is 0 Å². The molecular weight excluding hydrogens is 292 g/mol. The number of carboxylic acids is 1. The molecule has 3 N–H and O–H groups in total. The second-order valence-electron chi connectivity index (χ2n) is 6.02. The molecule has 1 aromatic rings. The van der Waals surface area contributed by atoms with E-state index in [0.29, 0.717) is 24.1 Å². The zero-order valence-electron chi connectivity index (χ0n) is 12.6. The van der Waals surface area contributed by atoms with E-state index < -0.39 is 16.0 Å². The summed E-state index contributed by atoms with van der Waals surface area (Å²) in [6, 6.07) is 0. The third-order valence-corrected chi connectivity index (χ3v) is 5.91. The topological polar surface area (TPSA) is 99.3 Å². The van der Waals surface area contributed by atoms with Gasteiger partial charge in [0.2, 0.25) is 10.0 Å². The third kappa shape index (κ3) is 3.29. The predicted molar refractivity (Wildman–Crippen MR) is 78.9 cm³/mol. The lowest BCUT2D eigenvalue weighted by Crippen LogP contribution is -2.29. The van der Waals surface area contributed by atoms with Crippen molar-refractivity contribution in [3.05, 3.63) is 17.0 Å². The van der Waals surface area contributed by atoms with Crippen LogP contribution in [0.4, 0.5) is 0 Å². The molecule has 2 atom stereocenters. The van der Waals surface area contributed by atoms with Gasteiger partial charge in [0.05, 0.1) is 0 Å². The number of aromatic amines is 1. The number of carbonyl (C=O) groups is 1. The molecule has 0 saturated heterocycles. The van der Waals surface area contributed by atoms with Crippen LogP contribution in [0.15, 0.2) is 4.90 Å². The number of hydrogen-bond acceptors (Lipinski definition) is 3. The van der Waals surface area contributed by atoms with Gasteiger partial charge in [-0.15, -0.1) is 0 Å². The van der Waals surface area contributed by atoms with Crippen molar-refractivity contribution in [3.8, 4) is 0 Å². The second-order valence-corrected chi connectivity index (χ2v) is 7.72. The number of hydrogen-bond donors (Lipinski definition) is 3. The maximum Gasteiger partial charge on any atom is 0.352 e. The monoisotopic (exact) mass is 314 g/mol. The Morgan fingerprint density at radius 1 is 1.38 bits per heavy atom. The molecule has 6 nitrogen and oxygen atoms in total. The summed E-state index contributed by atoms with van der Waals surface area (Å²) < 4.78 is 27.5. The van der Waals surface area contributed by atoms with Crippen LogP contribution in [0.5, 0.6) is 0 Å². The molecule has 1 aliphatic carbocycles. The van der Waals surface area contributed by atoms with Crippen LogP contribution in [0.3, 0.4) is 0 Å². The molecular formula is C14H22N2O4S. The predicted octanol–water partition coefficient (Wildman–Crippen LogP) is 2.04. The third-order valence-electron chi connectivity index (χ3n) is 4.22. The molecule has 2 unspecified atom stereocenters. The number of aryl methyl sites for hydroxylation is 1. The average Bonchev–Trinajstić information content (AvgIpc) is 2.91. The lowest BCUT2D eigenvalue weighted by atomic mass is 10.1. The molecule has 0 bridgehead atoms. The van der Waals surface area contributed by atoms with E-state index in [4.69, 9.17) is 5.11 Å². The standard InChI is InChI=1S/C14H22N2O4S/c1-8-4-5-11(6-8)7-15-21(19,20)13-9(2)12(14(17)18)16-10(13)3/h8,11,15-16H,4-7H2,1-3H3,(H,17,18). The van der Waals surface area contributed by atoms with Crippen LogP contribution < -0.4 is 4.72 Å². The highest BCUT2D eigenvalue weighted by molar-refractivity contribution is 7.89. The fourth-order valence-corrected chi connectivity index (χ4v) is 4.72. The summed E-state index contributed by atoms with van der Waals surface area (Å²) in [6.45, 7) is 5.68. The fraction of sp³-hybridized carbons (Fsp3) is 0.643. The van der Waals surface area contributed by atoms with Gasteiger partial charge in [0.1, 0.15) is 10.6 Å². The van der Waals surface area contributed by atoms with Crippen molar-refractivity contribution in [1.29, 1.82) is 0 Å². The van der Waals surface area contributed by atoms with Crippen molar-refractivity contribution < 1.29 is 18.3 Å². The summed E-state index contributed by atoms with van der Waals surface area (Å²) in [4.78, 5) is 13.8. The minimum Gasteiger partial charge on any atom is -0.477 e. The number of sulfonamides is 1. The van der Waals surface area contributed by atoms with Gasteiger partial charge in [-0.25, -0.2) is 17.9 Å². The van der Waals surface area contributed by atoms with Crippen LogP contribution in [0.1, 0.15) is 47.9 Å². The molecule has 1 aliphatic rings. The van der Waals surface area contributed by atoms with Gasteiger partial charge in [-0.1, -0.05) is 13.3 Å². The van der Waals surface area contributed by atoms with Gasteiger partial charge in [-0.05, 0) is 38.5 Å². The second kappa shape index (κ2) is 5.81. The Bertz CT molecular complexity index is 648. The van der Waals surface area contributed by atoms with E-state index in [1.165, 1.54) is 6.92 Å². The molecule has 1 saturated carbocycles. The van der Waals surface area contributed by atoms with Crippen molar-refractivity contribution in [2.75, 3.05) is 6.54 Å². The number of aromatic carboxylic acids is 1. The first-order valence-electron chi connectivity index (χ1n) is 7.14. The minimum absolute atomic E-state index is 0.0611. The Hall–Kier alpha value is -1.34.